The van der Waals surface area contributed by atoms with Crippen LogP contribution in [-0.2, 0) is 34.5 Å². The van der Waals surface area contributed by atoms with Crippen molar-refractivity contribution in [3.8, 4) is 0 Å². The molecular formula is C23H25N3O3. The third-order valence-corrected chi connectivity index (χ3v) is 5.99. The zero-order valence-corrected chi connectivity index (χ0v) is 16.7. The number of imide groups is 1. The Morgan fingerprint density at radius 3 is 2.69 bits per heavy atom. The Morgan fingerprint density at radius 1 is 1.14 bits per heavy atom. The van der Waals surface area contributed by atoms with Crippen molar-refractivity contribution < 1.29 is 14.4 Å². The molecule has 1 heterocycles. The van der Waals surface area contributed by atoms with Gasteiger partial charge in [0.25, 0.3) is 5.91 Å². The van der Waals surface area contributed by atoms with Crippen LogP contribution in [0.25, 0.3) is 0 Å². The maximum Gasteiger partial charge on any atom is 0.325 e. The Bertz CT molecular complexity index is 1000. The van der Waals surface area contributed by atoms with Gasteiger partial charge in [0.05, 0.1) is 0 Å². The number of nitrogens with zero attached hydrogens (tertiary/aromatic N) is 1. The minimum Gasteiger partial charge on any atom is -0.350 e. The van der Waals surface area contributed by atoms with Crippen molar-refractivity contribution in [3.05, 3.63) is 70.3 Å². The number of urea groups is 1. The fourth-order valence-electron chi connectivity index (χ4n) is 4.12. The summed E-state index contributed by atoms with van der Waals surface area (Å²) in [5.74, 6) is -0.763. The minimum absolute atomic E-state index is 0.295. The van der Waals surface area contributed by atoms with Crippen molar-refractivity contribution in [3.63, 3.8) is 0 Å². The van der Waals surface area contributed by atoms with E-state index in [1.807, 2.05) is 49.4 Å². The highest BCUT2D eigenvalue weighted by molar-refractivity contribution is 6.09. The zero-order valence-electron chi connectivity index (χ0n) is 16.7. The number of benzene rings is 2. The van der Waals surface area contributed by atoms with Crippen LogP contribution in [0, 0.1) is 6.92 Å². The van der Waals surface area contributed by atoms with E-state index in [-0.39, 0.29) is 12.5 Å². The van der Waals surface area contributed by atoms with Gasteiger partial charge >= 0.3 is 6.03 Å². The molecule has 29 heavy (non-hydrogen) atoms. The maximum atomic E-state index is 13.1. The first-order chi connectivity index (χ1) is 13.9. The van der Waals surface area contributed by atoms with Crippen LogP contribution >= 0.6 is 0 Å². The number of hydrogen-bond acceptors (Lipinski definition) is 3. The van der Waals surface area contributed by atoms with Gasteiger partial charge in [0.15, 0.2) is 0 Å². The number of amides is 4. The summed E-state index contributed by atoms with van der Waals surface area (Å²) in [7, 11) is 0. The number of hydrogen-bond donors (Lipinski definition) is 2. The molecule has 0 saturated carbocycles. The highest BCUT2D eigenvalue weighted by Gasteiger charge is 2.49. The molecule has 0 unspecified atom stereocenters. The first kappa shape index (κ1) is 19.2. The van der Waals surface area contributed by atoms with Crippen LogP contribution in [-0.4, -0.2) is 29.3 Å². The predicted molar refractivity (Wildman–Crippen MR) is 109 cm³/mol. The standard InChI is InChI=1S/C23H25N3O3/c1-15-6-3-4-7-18(15)13-24-20(27)14-26-21(28)23(2,25-22(26)29)19-11-10-16-8-5-9-17(16)12-19/h3-4,6-7,10-12H,5,8-9,13-14H2,1-2H3,(H,24,27)(H,25,29)/t23-/m1/s1. The SMILES string of the molecule is Cc1ccccc1CNC(=O)CN1C(=O)N[C@](C)(c2ccc3c(c2)CCC3)C1=O. The summed E-state index contributed by atoms with van der Waals surface area (Å²) in [5, 5.41) is 5.58. The molecule has 0 radical (unpaired) electrons. The van der Waals surface area contributed by atoms with E-state index in [0.29, 0.717) is 6.54 Å². The first-order valence-corrected chi connectivity index (χ1v) is 9.96. The molecular weight excluding hydrogens is 366 g/mol. The molecule has 2 aromatic rings. The van der Waals surface area contributed by atoms with Crippen LogP contribution in [0.5, 0.6) is 0 Å². The van der Waals surface area contributed by atoms with Crippen molar-refractivity contribution >= 4 is 17.8 Å². The summed E-state index contributed by atoms with van der Waals surface area (Å²) in [6.45, 7) is 3.74. The first-order valence-electron chi connectivity index (χ1n) is 9.96. The van der Waals surface area contributed by atoms with Gasteiger partial charge in [-0.3, -0.25) is 14.5 Å². The molecule has 1 atom stereocenters. The third kappa shape index (κ3) is 3.50. The van der Waals surface area contributed by atoms with Gasteiger partial charge in [-0.05, 0) is 60.9 Å². The quantitative estimate of drug-likeness (QED) is 0.769. The topological polar surface area (TPSA) is 78.5 Å². The van der Waals surface area contributed by atoms with Crippen molar-refractivity contribution in [2.24, 2.45) is 0 Å². The van der Waals surface area contributed by atoms with E-state index in [1.54, 1.807) is 6.92 Å². The third-order valence-electron chi connectivity index (χ3n) is 5.99. The normalized spacial score (nSPS) is 20.6. The van der Waals surface area contributed by atoms with Crippen LogP contribution in [0.2, 0.25) is 0 Å². The van der Waals surface area contributed by atoms with Gasteiger partial charge in [0.2, 0.25) is 5.91 Å². The maximum absolute atomic E-state index is 13.1. The second kappa shape index (κ2) is 7.35. The number of nitrogens with one attached hydrogen (secondary N) is 2. The van der Waals surface area contributed by atoms with E-state index < -0.39 is 17.5 Å². The van der Waals surface area contributed by atoms with Gasteiger partial charge in [-0.1, -0.05) is 42.5 Å². The number of fused-ring (bicyclic) bond motifs is 1. The second-order valence-electron chi connectivity index (χ2n) is 7.99. The Kier molecular flexibility index (Phi) is 4.86. The Morgan fingerprint density at radius 2 is 1.90 bits per heavy atom. The summed E-state index contributed by atoms with van der Waals surface area (Å²) < 4.78 is 0. The van der Waals surface area contributed by atoms with Crippen LogP contribution in [0.1, 0.15) is 41.2 Å². The number of rotatable bonds is 5. The summed E-state index contributed by atoms with van der Waals surface area (Å²) >= 11 is 0. The summed E-state index contributed by atoms with van der Waals surface area (Å²) in [5.41, 5.74) is 4.24. The van der Waals surface area contributed by atoms with E-state index in [1.165, 1.54) is 11.1 Å². The van der Waals surface area contributed by atoms with E-state index in [2.05, 4.69) is 10.6 Å². The molecule has 150 valence electrons. The molecule has 1 saturated heterocycles. The molecule has 2 aromatic carbocycles. The molecule has 4 rings (SSSR count). The van der Waals surface area contributed by atoms with E-state index in [4.69, 9.17) is 0 Å². The molecule has 2 N–H and O–H groups in total. The molecule has 4 amide bonds. The molecule has 1 aliphatic carbocycles. The molecule has 6 nitrogen and oxygen atoms in total. The zero-order chi connectivity index (χ0) is 20.6. The lowest BCUT2D eigenvalue weighted by Gasteiger charge is -2.23. The average Bonchev–Trinajstić information content (AvgIpc) is 3.26. The van der Waals surface area contributed by atoms with Gasteiger partial charge in [0.1, 0.15) is 12.1 Å². The van der Waals surface area contributed by atoms with Gasteiger partial charge in [-0.2, -0.15) is 0 Å². The predicted octanol–water partition coefficient (Wildman–Crippen LogP) is 2.57. The summed E-state index contributed by atoms with van der Waals surface area (Å²) in [4.78, 5) is 38.9. The Labute approximate surface area is 170 Å². The number of carbonyl (C=O) groups is 3. The highest BCUT2D eigenvalue weighted by atomic mass is 16.2. The monoisotopic (exact) mass is 391 g/mol. The summed E-state index contributed by atoms with van der Waals surface area (Å²) in [6, 6.07) is 13.2. The smallest absolute Gasteiger partial charge is 0.325 e. The fraction of sp³-hybridized carbons (Fsp3) is 0.348. The Hall–Kier alpha value is -3.15. The van der Waals surface area contributed by atoms with Gasteiger partial charge < -0.3 is 10.6 Å². The molecule has 1 fully saturated rings. The van der Waals surface area contributed by atoms with Crippen molar-refractivity contribution in [2.75, 3.05) is 6.54 Å². The lowest BCUT2D eigenvalue weighted by molar-refractivity contribution is -0.134. The summed E-state index contributed by atoms with van der Waals surface area (Å²) in [6.07, 6.45) is 3.16. The van der Waals surface area contributed by atoms with Gasteiger partial charge in [0, 0.05) is 6.54 Å². The largest absolute Gasteiger partial charge is 0.350 e. The molecule has 6 heteroatoms. The van der Waals surface area contributed by atoms with Crippen LogP contribution in [0.4, 0.5) is 4.79 Å². The van der Waals surface area contributed by atoms with Gasteiger partial charge in [-0.25, -0.2) is 4.79 Å². The second-order valence-corrected chi connectivity index (χ2v) is 7.99. The van der Waals surface area contributed by atoms with E-state index in [0.717, 1.165) is 40.9 Å². The van der Waals surface area contributed by atoms with Crippen molar-refractivity contribution in [2.45, 2.75) is 45.2 Å². The fourth-order valence-corrected chi connectivity index (χ4v) is 4.12. The van der Waals surface area contributed by atoms with Crippen LogP contribution < -0.4 is 10.6 Å². The average molecular weight is 391 g/mol. The van der Waals surface area contributed by atoms with Crippen molar-refractivity contribution in [1.29, 1.82) is 0 Å². The van der Waals surface area contributed by atoms with Crippen LogP contribution in [0.3, 0.4) is 0 Å². The van der Waals surface area contributed by atoms with Crippen molar-refractivity contribution in [1.82, 2.24) is 15.5 Å². The Balaban J connectivity index is 1.45. The minimum atomic E-state index is -1.15. The van der Waals surface area contributed by atoms with Gasteiger partial charge in [-0.15, -0.1) is 0 Å². The molecule has 2 aliphatic rings. The van der Waals surface area contributed by atoms with E-state index in [9.17, 15) is 14.4 Å². The lowest BCUT2D eigenvalue weighted by Crippen LogP contribution is -2.43. The molecule has 0 spiro atoms. The lowest BCUT2D eigenvalue weighted by atomic mass is 9.89. The number of aryl methyl sites for hydroxylation is 3. The van der Waals surface area contributed by atoms with Crippen LogP contribution in [0.15, 0.2) is 42.5 Å². The van der Waals surface area contributed by atoms with E-state index >= 15 is 0 Å². The molecule has 1 aliphatic heterocycles. The molecule has 0 aromatic heterocycles. The molecule has 0 bridgehead atoms. The number of carbonyl (C=O) groups excluding carboxylic acids is 3. The highest BCUT2D eigenvalue weighted by Crippen LogP contribution is 2.32.